The van der Waals surface area contributed by atoms with Crippen molar-refractivity contribution in [3.8, 4) is 11.5 Å². The van der Waals surface area contributed by atoms with Crippen LogP contribution in [0.3, 0.4) is 0 Å². The van der Waals surface area contributed by atoms with Crippen LogP contribution in [0.15, 0.2) is 40.8 Å². The summed E-state index contributed by atoms with van der Waals surface area (Å²) in [5, 5.41) is 1.09. The molecule has 1 aromatic heterocycles. The normalized spacial score (nSPS) is 12.2. The molecule has 1 aliphatic heterocycles. The largest absolute Gasteiger partial charge is 0.454 e. The Kier molecular flexibility index (Phi) is 3.93. The molecule has 4 rings (SSSR count). The molecule has 0 atom stereocenters. The molecule has 2 N–H and O–H groups in total. The minimum absolute atomic E-state index is 0.0438. The number of aryl methyl sites for hydroxylation is 1. The number of fused-ring (bicyclic) bond motifs is 2. The molecular weight excluding hydrogens is 360 g/mol. The maximum absolute atomic E-state index is 12.3. The zero-order valence-electron chi connectivity index (χ0n) is 13.6. The van der Waals surface area contributed by atoms with E-state index in [1.807, 2.05) is 18.2 Å². The molecular formula is C18H13ClN2O5. The van der Waals surface area contributed by atoms with E-state index >= 15 is 0 Å². The van der Waals surface area contributed by atoms with Crippen LogP contribution < -0.4 is 20.3 Å². The van der Waals surface area contributed by atoms with Crippen molar-refractivity contribution in [1.82, 2.24) is 10.9 Å². The van der Waals surface area contributed by atoms with Crippen LogP contribution in [0, 0.1) is 6.92 Å². The number of amides is 2. The Labute approximate surface area is 152 Å². The fourth-order valence-electron chi connectivity index (χ4n) is 2.73. The minimum atomic E-state index is -0.557. The van der Waals surface area contributed by atoms with Gasteiger partial charge in [0.25, 0.3) is 5.91 Å². The highest BCUT2D eigenvalue weighted by Gasteiger charge is 2.22. The Morgan fingerprint density at radius 2 is 1.85 bits per heavy atom. The number of rotatable bonds is 2. The lowest BCUT2D eigenvalue weighted by atomic mass is 10.1. The Balaban J connectivity index is 1.50. The summed E-state index contributed by atoms with van der Waals surface area (Å²) in [7, 11) is 0. The molecule has 2 heterocycles. The van der Waals surface area contributed by atoms with Crippen molar-refractivity contribution in [1.29, 1.82) is 0 Å². The number of carbonyl (C=O) groups excluding carboxylic acids is 2. The number of benzene rings is 2. The van der Waals surface area contributed by atoms with Crippen molar-refractivity contribution < 1.29 is 23.5 Å². The van der Waals surface area contributed by atoms with Crippen LogP contribution in [-0.2, 0) is 0 Å². The third-order valence-corrected chi connectivity index (χ3v) is 4.31. The van der Waals surface area contributed by atoms with Gasteiger partial charge in [-0.25, -0.2) is 0 Å². The summed E-state index contributed by atoms with van der Waals surface area (Å²) in [5.74, 6) is -0.200. The van der Waals surface area contributed by atoms with Gasteiger partial charge in [0.15, 0.2) is 17.3 Å². The number of hydrogen-bond donors (Lipinski definition) is 2. The number of para-hydroxylation sites is 1. The standard InChI is InChI=1S/C18H13ClN2O5/c1-9-11-4-2-3-5-13(11)26-15(9)18(23)21-20-17(22)10-6-12(19)16-14(7-10)24-8-25-16/h2-7H,8H2,1H3,(H,20,22)(H,21,23). The van der Waals surface area contributed by atoms with Gasteiger partial charge in [-0.05, 0) is 25.1 Å². The summed E-state index contributed by atoms with van der Waals surface area (Å²) < 4.78 is 16.0. The topological polar surface area (TPSA) is 89.8 Å². The van der Waals surface area contributed by atoms with Gasteiger partial charge in [0, 0.05) is 16.5 Å². The fourth-order valence-corrected chi connectivity index (χ4v) is 3.00. The number of hydrazine groups is 1. The first kappa shape index (κ1) is 16.3. The molecule has 2 aromatic carbocycles. The molecule has 132 valence electrons. The van der Waals surface area contributed by atoms with E-state index in [0.717, 1.165) is 5.39 Å². The van der Waals surface area contributed by atoms with E-state index in [1.54, 1.807) is 13.0 Å². The molecule has 0 unspecified atom stereocenters. The van der Waals surface area contributed by atoms with Crippen LogP contribution in [0.2, 0.25) is 5.02 Å². The first-order chi connectivity index (χ1) is 12.5. The van der Waals surface area contributed by atoms with Crippen LogP contribution >= 0.6 is 11.6 Å². The smallest absolute Gasteiger partial charge is 0.305 e. The molecule has 0 saturated carbocycles. The highest BCUT2D eigenvalue weighted by atomic mass is 35.5. The van der Waals surface area contributed by atoms with Gasteiger partial charge in [0.1, 0.15) is 5.58 Å². The van der Waals surface area contributed by atoms with Crippen molar-refractivity contribution >= 4 is 34.4 Å². The second-order valence-corrected chi connectivity index (χ2v) is 6.06. The SMILES string of the molecule is Cc1c(C(=O)NNC(=O)c2cc(Cl)c3c(c2)OCO3)oc2ccccc12. The highest BCUT2D eigenvalue weighted by molar-refractivity contribution is 6.32. The molecule has 1 aliphatic rings. The second kappa shape index (κ2) is 6.27. The highest BCUT2D eigenvalue weighted by Crippen LogP contribution is 2.39. The molecule has 2 amide bonds. The van der Waals surface area contributed by atoms with Crippen LogP contribution in [0.25, 0.3) is 11.0 Å². The molecule has 0 radical (unpaired) electrons. The van der Waals surface area contributed by atoms with Crippen molar-refractivity contribution in [2.45, 2.75) is 6.92 Å². The average molecular weight is 373 g/mol. The second-order valence-electron chi connectivity index (χ2n) is 5.65. The monoisotopic (exact) mass is 372 g/mol. The zero-order chi connectivity index (χ0) is 18.3. The Hall–Kier alpha value is -3.19. The molecule has 7 nitrogen and oxygen atoms in total. The number of carbonyl (C=O) groups is 2. The molecule has 0 aliphatic carbocycles. The number of nitrogens with one attached hydrogen (secondary N) is 2. The molecule has 0 bridgehead atoms. The lowest BCUT2D eigenvalue weighted by Gasteiger charge is -2.08. The Morgan fingerprint density at radius 3 is 2.65 bits per heavy atom. The van der Waals surface area contributed by atoms with Crippen molar-refractivity contribution in [3.05, 3.63) is 58.3 Å². The summed E-state index contributed by atoms with van der Waals surface area (Å²) in [4.78, 5) is 24.6. The maximum atomic E-state index is 12.3. The van der Waals surface area contributed by atoms with Crippen molar-refractivity contribution in [2.24, 2.45) is 0 Å². The molecule has 26 heavy (non-hydrogen) atoms. The summed E-state index contributed by atoms with van der Waals surface area (Å²) in [6.07, 6.45) is 0. The molecule has 0 saturated heterocycles. The first-order valence-corrected chi connectivity index (χ1v) is 8.10. The van der Waals surface area contributed by atoms with E-state index in [2.05, 4.69) is 10.9 Å². The molecule has 0 fully saturated rings. The van der Waals surface area contributed by atoms with Crippen LogP contribution in [-0.4, -0.2) is 18.6 Å². The third kappa shape index (κ3) is 2.72. The van der Waals surface area contributed by atoms with Gasteiger partial charge in [-0.3, -0.25) is 20.4 Å². The lowest BCUT2D eigenvalue weighted by molar-refractivity contribution is 0.0831. The van der Waals surface area contributed by atoms with Gasteiger partial charge in [-0.2, -0.15) is 0 Å². The minimum Gasteiger partial charge on any atom is -0.454 e. The summed E-state index contributed by atoms with van der Waals surface area (Å²) >= 11 is 6.06. The van der Waals surface area contributed by atoms with E-state index in [-0.39, 0.29) is 23.1 Å². The average Bonchev–Trinajstić information content (AvgIpc) is 3.25. The third-order valence-electron chi connectivity index (χ3n) is 4.03. The van der Waals surface area contributed by atoms with E-state index in [1.165, 1.54) is 12.1 Å². The predicted molar refractivity (Wildman–Crippen MR) is 93.5 cm³/mol. The van der Waals surface area contributed by atoms with Crippen molar-refractivity contribution in [2.75, 3.05) is 6.79 Å². The zero-order valence-corrected chi connectivity index (χ0v) is 14.3. The van der Waals surface area contributed by atoms with Crippen LogP contribution in [0.1, 0.15) is 26.5 Å². The number of halogens is 1. The summed E-state index contributed by atoms with van der Waals surface area (Å²) in [6.45, 7) is 1.82. The van der Waals surface area contributed by atoms with E-state index < -0.39 is 11.8 Å². The van der Waals surface area contributed by atoms with E-state index in [0.29, 0.717) is 22.6 Å². The fraction of sp³-hybridized carbons (Fsp3) is 0.111. The Bertz CT molecular complexity index is 1040. The molecule has 3 aromatic rings. The van der Waals surface area contributed by atoms with Gasteiger partial charge in [-0.15, -0.1) is 0 Å². The van der Waals surface area contributed by atoms with Crippen molar-refractivity contribution in [3.63, 3.8) is 0 Å². The Morgan fingerprint density at radius 1 is 1.08 bits per heavy atom. The van der Waals surface area contributed by atoms with Gasteiger partial charge >= 0.3 is 5.91 Å². The van der Waals surface area contributed by atoms with Gasteiger partial charge in [-0.1, -0.05) is 29.8 Å². The van der Waals surface area contributed by atoms with Gasteiger partial charge in [0.2, 0.25) is 6.79 Å². The lowest BCUT2D eigenvalue weighted by Crippen LogP contribution is -2.41. The summed E-state index contributed by atoms with van der Waals surface area (Å²) in [6, 6.07) is 10.2. The number of furan rings is 1. The summed E-state index contributed by atoms with van der Waals surface area (Å²) in [5.41, 5.74) is 6.19. The first-order valence-electron chi connectivity index (χ1n) is 7.72. The van der Waals surface area contributed by atoms with Gasteiger partial charge < -0.3 is 13.9 Å². The molecule has 0 spiro atoms. The van der Waals surface area contributed by atoms with Crippen LogP contribution in [0.5, 0.6) is 11.5 Å². The quantitative estimate of drug-likeness (QED) is 0.674. The molecule has 8 heteroatoms. The van der Waals surface area contributed by atoms with E-state index in [4.69, 9.17) is 25.5 Å². The van der Waals surface area contributed by atoms with Gasteiger partial charge in [0.05, 0.1) is 5.02 Å². The number of ether oxygens (including phenoxy) is 2. The predicted octanol–water partition coefficient (Wildman–Crippen LogP) is 3.20. The number of hydrogen-bond acceptors (Lipinski definition) is 5. The van der Waals surface area contributed by atoms with E-state index in [9.17, 15) is 9.59 Å². The van der Waals surface area contributed by atoms with Crippen LogP contribution in [0.4, 0.5) is 0 Å². The maximum Gasteiger partial charge on any atom is 0.305 e.